The van der Waals surface area contributed by atoms with Gasteiger partial charge in [0.05, 0.1) is 6.04 Å². The minimum Gasteiger partial charge on any atom is -0.299 e. The van der Waals surface area contributed by atoms with Crippen LogP contribution in [0.1, 0.15) is 28.8 Å². The fourth-order valence-electron chi connectivity index (χ4n) is 2.31. The molecule has 0 aliphatic heterocycles. The fourth-order valence-corrected chi connectivity index (χ4v) is 2.31. The van der Waals surface area contributed by atoms with Crippen LogP contribution < -0.4 is 5.32 Å². The Morgan fingerprint density at radius 3 is 2.45 bits per heavy atom. The molecular formula is C17H17FN4. The second-order valence-electron chi connectivity index (χ2n) is 5.13. The Morgan fingerprint density at radius 1 is 1.09 bits per heavy atom. The second-order valence-corrected chi connectivity index (χ2v) is 5.13. The Bertz CT molecular complexity index is 722. The van der Waals surface area contributed by atoms with Crippen LogP contribution >= 0.6 is 0 Å². The summed E-state index contributed by atoms with van der Waals surface area (Å²) in [4.78, 5) is 4.42. The molecule has 1 aromatic heterocycles. The smallest absolute Gasteiger partial charge is 0.172 e. The molecule has 0 aliphatic rings. The average Bonchev–Trinajstić information content (AvgIpc) is 2.97. The van der Waals surface area contributed by atoms with Crippen LogP contribution in [0.2, 0.25) is 0 Å². The van der Waals surface area contributed by atoms with Gasteiger partial charge >= 0.3 is 0 Å². The lowest BCUT2D eigenvalue weighted by atomic mass is 10.1. The van der Waals surface area contributed by atoms with Crippen molar-refractivity contribution in [1.82, 2.24) is 20.5 Å². The minimum atomic E-state index is -0.229. The number of nitrogens with zero attached hydrogens (tertiary/aromatic N) is 2. The van der Waals surface area contributed by atoms with E-state index in [0.29, 0.717) is 12.4 Å². The Balaban J connectivity index is 1.81. The van der Waals surface area contributed by atoms with Crippen molar-refractivity contribution >= 4 is 0 Å². The quantitative estimate of drug-likeness (QED) is 0.760. The maximum Gasteiger partial charge on any atom is 0.172 e. The minimum absolute atomic E-state index is 0.115. The summed E-state index contributed by atoms with van der Waals surface area (Å²) < 4.78 is 13.0. The molecule has 2 aromatic carbocycles. The lowest BCUT2D eigenvalue weighted by Crippen LogP contribution is -2.23. The van der Waals surface area contributed by atoms with Crippen LogP contribution in [-0.4, -0.2) is 15.2 Å². The first-order chi connectivity index (χ1) is 10.7. The Morgan fingerprint density at radius 2 is 1.82 bits per heavy atom. The van der Waals surface area contributed by atoms with E-state index < -0.39 is 0 Å². The van der Waals surface area contributed by atoms with Gasteiger partial charge in [0, 0.05) is 6.54 Å². The van der Waals surface area contributed by atoms with Crippen LogP contribution in [-0.2, 0) is 6.54 Å². The highest BCUT2D eigenvalue weighted by atomic mass is 19.1. The van der Waals surface area contributed by atoms with Crippen molar-refractivity contribution in [2.75, 3.05) is 0 Å². The summed E-state index contributed by atoms with van der Waals surface area (Å²) in [5.41, 5.74) is 2.10. The molecule has 3 rings (SSSR count). The number of H-pyrrole nitrogens is 1. The van der Waals surface area contributed by atoms with Gasteiger partial charge in [0.1, 0.15) is 11.6 Å². The van der Waals surface area contributed by atoms with Gasteiger partial charge in [0.2, 0.25) is 0 Å². The van der Waals surface area contributed by atoms with E-state index in [0.717, 1.165) is 17.0 Å². The molecule has 0 aliphatic carbocycles. The predicted octanol–water partition coefficient (Wildman–Crippen LogP) is 3.13. The van der Waals surface area contributed by atoms with Crippen LogP contribution in [0, 0.1) is 12.7 Å². The monoisotopic (exact) mass is 296 g/mol. The molecule has 3 aromatic rings. The summed E-state index contributed by atoms with van der Waals surface area (Å²) in [6.07, 6.45) is 0. The highest BCUT2D eigenvalue weighted by Gasteiger charge is 2.17. The third kappa shape index (κ3) is 3.38. The van der Waals surface area contributed by atoms with Gasteiger partial charge in [-0.05, 0) is 30.2 Å². The van der Waals surface area contributed by atoms with Crippen molar-refractivity contribution in [1.29, 1.82) is 0 Å². The number of hydrogen-bond donors (Lipinski definition) is 2. The number of nitrogens with one attached hydrogen (secondary N) is 2. The number of rotatable bonds is 5. The van der Waals surface area contributed by atoms with Gasteiger partial charge < -0.3 is 0 Å². The maximum absolute atomic E-state index is 13.0. The first-order valence-corrected chi connectivity index (χ1v) is 7.14. The van der Waals surface area contributed by atoms with Gasteiger partial charge in [-0.3, -0.25) is 10.4 Å². The van der Waals surface area contributed by atoms with Gasteiger partial charge in [-0.25, -0.2) is 9.37 Å². The van der Waals surface area contributed by atoms with E-state index >= 15 is 0 Å². The van der Waals surface area contributed by atoms with Crippen LogP contribution in [0.4, 0.5) is 4.39 Å². The Hall–Kier alpha value is -2.53. The van der Waals surface area contributed by atoms with E-state index in [2.05, 4.69) is 20.5 Å². The van der Waals surface area contributed by atoms with Gasteiger partial charge in [-0.1, -0.05) is 42.5 Å². The third-order valence-corrected chi connectivity index (χ3v) is 3.43. The van der Waals surface area contributed by atoms with Crippen molar-refractivity contribution < 1.29 is 4.39 Å². The van der Waals surface area contributed by atoms with E-state index in [-0.39, 0.29) is 11.9 Å². The summed E-state index contributed by atoms with van der Waals surface area (Å²) in [5.74, 6) is 1.25. The summed E-state index contributed by atoms with van der Waals surface area (Å²) in [7, 11) is 0. The molecular weight excluding hydrogens is 279 g/mol. The van der Waals surface area contributed by atoms with Crippen molar-refractivity contribution in [2.45, 2.75) is 19.5 Å². The zero-order chi connectivity index (χ0) is 15.4. The van der Waals surface area contributed by atoms with Gasteiger partial charge in [-0.15, -0.1) is 0 Å². The van der Waals surface area contributed by atoms with E-state index in [4.69, 9.17) is 0 Å². The topological polar surface area (TPSA) is 53.6 Å². The lowest BCUT2D eigenvalue weighted by molar-refractivity contribution is 0.575. The maximum atomic E-state index is 13.0. The lowest BCUT2D eigenvalue weighted by Gasteiger charge is -2.16. The van der Waals surface area contributed by atoms with E-state index in [9.17, 15) is 4.39 Å². The standard InChI is InChI=1S/C17H17FN4/c1-12-20-17(22-21-12)16(14-5-3-2-4-6-14)19-11-13-7-9-15(18)10-8-13/h2-10,16,19H,11H2,1H3,(H,20,21,22). The molecule has 0 fully saturated rings. The van der Waals surface area contributed by atoms with Crippen LogP contribution in [0.3, 0.4) is 0 Å². The summed E-state index contributed by atoms with van der Waals surface area (Å²) in [6, 6.07) is 16.4. The van der Waals surface area contributed by atoms with Gasteiger partial charge in [0.15, 0.2) is 5.82 Å². The number of hydrogen-bond acceptors (Lipinski definition) is 3. The molecule has 0 bridgehead atoms. The van der Waals surface area contributed by atoms with Crippen LogP contribution in [0.5, 0.6) is 0 Å². The first kappa shape index (κ1) is 14.4. The van der Waals surface area contributed by atoms with E-state index in [1.807, 2.05) is 37.3 Å². The van der Waals surface area contributed by atoms with Crippen LogP contribution in [0.15, 0.2) is 54.6 Å². The van der Waals surface area contributed by atoms with Crippen molar-refractivity contribution in [3.05, 3.63) is 83.2 Å². The number of aryl methyl sites for hydroxylation is 1. The first-order valence-electron chi connectivity index (χ1n) is 7.14. The number of aromatic amines is 1. The number of aromatic nitrogens is 3. The van der Waals surface area contributed by atoms with E-state index in [1.165, 1.54) is 12.1 Å². The van der Waals surface area contributed by atoms with Crippen molar-refractivity contribution in [2.24, 2.45) is 0 Å². The Kier molecular flexibility index (Phi) is 4.25. The highest BCUT2D eigenvalue weighted by Crippen LogP contribution is 2.19. The summed E-state index contributed by atoms with van der Waals surface area (Å²) >= 11 is 0. The number of halogens is 1. The van der Waals surface area contributed by atoms with Gasteiger partial charge in [0.25, 0.3) is 0 Å². The molecule has 5 heteroatoms. The van der Waals surface area contributed by atoms with Crippen LogP contribution in [0.25, 0.3) is 0 Å². The normalized spacial score (nSPS) is 12.3. The molecule has 1 heterocycles. The third-order valence-electron chi connectivity index (χ3n) is 3.43. The zero-order valence-electron chi connectivity index (χ0n) is 12.3. The fraction of sp³-hybridized carbons (Fsp3) is 0.176. The van der Waals surface area contributed by atoms with Crippen molar-refractivity contribution in [3.63, 3.8) is 0 Å². The van der Waals surface area contributed by atoms with E-state index in [1.54, 1.807) is 12.1 Å². The molecule has 0 spiro atoms. The molecule has 0 amide bonds. The highest BCUT2D eigenvalue weighted by molar-refractivity contribution is 5.25. The van der Waals surface area contributed by atoms with Crippen molar-refractivity contribution in [3.8, 4) is 0 Å². The molecule has 1 atom stereocenters. The SMILES string of the molecule is Cc1nc(C(NCc2ccc(F)cc2)c2ccccc2)n[nH]1. The Labute approximate surface area is 128 Å². The molecule has 22 heavy (non-hydrogen) atoms. The molecule has 1 unspecified atom stereocenters. The van der Waals surface area contributed by atoms with Gasteiger partial charge in [-0.2, -0.15) is 5.10 Å². The molecule has 2 N–H and O–H groups in total. The largest absolute Gasteiger partial charge is 0.299 e. The summed E-state index contributed by atoms with van der Waals surface area (Å²) in [6.45, 7) is 2.48. The molecule has 0 saturated carbocycles. The molecule has 112 valence electrons. The average molecular weight is 296 g/mol. The second kappa shape index (κ2) is 6.49. The molecule has 0 saturated heterocycles. The molecule has 0 radical (unpaired) electrons. The zero-order valence-corrected chi connectivity index (χ0v) is 12.3. The number of benzene rings is 2. The summed E-state index contributed by atoms with van der Waals surface area (Å²) in [5, 5.41) is 10.6. The molecule has 4 nitrogen and oxygen atoms in total. The predicted molar refractivity (Wildman–Crippen MR) is 82.6 cm³/mol.